The first-order valence-corrected chi connectivity index (χ1v) is 7.99. The number of hydrogen-bond acceptors (Lipinski definition) is 5. The molecule has 1 atom stereocenters. The maximum Gasteiger partial charge on any atom is 0.240 e. The molecule has 1 rings (SSSR count). The molecule has 0 bridgehead atoms. The number of hydrogen-bond donors (Lipinski definition) is 4. The lowest BCUT2D eigenvalue weighted by Gasteiger charge is -2.16. The fraction of sp³-hybridized carbons (Fsp3) is 0.538. The number of rotatable bonds is 7. The van der Waals surface area contributed by atoms with Gasteiger partial charge in [0.05, 0.1) is 22.4 Å². The molecule has 7 heteroatoms. The number of aliphatic hydroxyl groups excluding tert-OH is 1. The van der Waals surface area contributed by atoms with Gasteiger partial charge in [-0.2, -0.15) is 0 Å². The maximum absolute atomic E-state index is 11.7. The molecule has 0 radical (unpaired) electrons. The largest absolute Gasteiger partial charge is 0.397 e. The normalized spacial score (nSPS) is 13.4. The van der Waals surface area contributed by atoms with E-state index in [9.17, 15) is 13.5 Å². The van der Waals surface area contributed by atoms with Gasteiger partial charge >= 0.3 is 0 Å². The van der Waals surface area contributed by atoms with Gasteiger partial charge in [-0.3, -0.25) is 0 Å². The highest BCUT2D eigenvalue weighted by atomic mass is 32.2. The van der Waals surface area contributed by atoms with Crippen LogP contribution in [-0.4, -0.2) is 33.2 Å². The average molecular weight is 301 g/mol. The van der Waals surface area contributed by atoms with Crippen molar-refractivity contribution in [2.45, 2.75) is 31.3 Å². The Hall–Kier alpha value is -1.31. The van der Waals surface area contributed by atoms with Gasteiger partial charge in [-0.15, -0.1) is 0 Å². The minimum Gasteiger partial charge on any atom is -0.397 e. The molecule has 1 unspecified atom stereocenters. The zero-order valence-corrected chi connectivity index (χ0v) is 12.9. The van der Waals surface area contributed by atoms with Crippen molar-refractivity contribution in [3.05, 3.63) is 18.2 Å². The van der Waals surface area contributed by atoms with E-state index < -0.39 is 16.1 Å². The number of aliphatic hydroxyl groups is 1. The van der Waals surface area contributed by atoms with E-state index in [-0.39, 0.29) is 4.90 Å². The van der Waals surface area contributed by atoms with Crippen molar-refractivity contribution in [2.75, 3.05) is 24.6 Å². The fourth-order valence-electron chi connectivity index (χ4n) is 1.83. The standard InChI is InChI=1S/C13H23N3O3S/c1-9(2)6-10(17)8-16-13-7-11(4-5-12(13)14)20(18,19)15-3/h4-5,7,9-10,15-17H,6,8,14H2,1-3H3. The number of anilines is 2. The quantitative estimate of drug-likeness (QED) is 0.562. The van der Waals surface area contributed by atoms with Crippen LogP contribution in [0.1, 0.15) is 20.3 Å². The second-order valence-electron chi connectivity index (χ2n) is 5.12. The Balaban J connectivity index is 2.83. The van der Waals surface area contributed by atoms with Gasteiger partial charge in [-0.05, 0) is 37.6 Å². The summed E-state index contributed by atoms with van der Waals surface area (Å²) in [5.74, 6) is 0.389. The van der Waals surface area contributed by atoms with Gasteiger partial charge in [0.1, 0.15) is 0 Å². The molecule has 114 valence electrons. The van der Waals surface area contributed by atoms with Gasteiger partial charge in [0.25, 0.3) is 0 Å². The smallest absolute Gasteiger partial charge is 0.240 e. The summed E-state index contributed by atoms with van der Waals surface area (Å²) >= 11 is 0. The van der Waals surface area contributed by atoms with Crippen molar-refractivity contribution in [3.63, 3.8) is 0 Å². The fourth-order valence-corrected chi connectivity index (χ4v) is 2.58. The SMILES string of the molecule is CNS(=O)(=O)c1ccc(N)c(NCC(O)CC(C)C)c1. The Kier molecular flexibility index (Phi) is 5.79. The molecule has 1 aromatic rings. The summed E-state index contributed by atoms with van der Waals surface area (Å²) < 4.78 is 25.7. The predicted molar refractivity (Wildman–Crippen MR) is 81.1 cm³/mol. The van der Waals surface area contributed by atoms with Crippen LogP contribution < -0.4 is 15.8 Å². The summed E-state index contributed by atoms with van der Waals surface area (Å²) in [7, 11) is -2.15. The van der Waals surface area contributed by atoms with Crippen molar-refractivity contribution in [2.24, 2.45) is 5.92 Å². The molecule has 0 amide bonds. The Morgan fingerprint density at radius 1 is 1.35 bits per heavy atom. The van der Waals surface area contributed by atoms with E-state index in [0.717, 1.165) is 0 Å². The molecule has 0 aliphatic carbocycles. The van der Waals surface area contributed by atoms with Crippen molar-refractivity contribution >= 4 is 21.4 Å². The highest BCUT2D eigenvalue weighted by Crippen LogP contribution is 2.23. The summed E-state index contributed by atoms with van der Waals surface area (Å²) in [6.07, 6.45) is 0.167. The predicted octanol–water partition coefficient (Wildman–Crippen LogP) is 0.996. The molecule has 1 aromatic carbocycles. The van der Waals surface area contributed by atoms with Crippen LogP contribution in [0.3, 0.4) is 0 Å². The molecule has 20 heavy (non-hydrogen) atoms. The lowest BCUT2D eigenvalue weighted by atomic mass is 10.1. The Morgan fingerprint density at radius 3 is 2.55 bits per heavy atom. The maximum atomic E-state index is 11.7. The molecule has 6 nitrogen and oxygen atoms in total. The van der Waals surface area contributed by atoms with E-state index in [1.54, 1.807) is 0 Å². The number of benzene rings is 1. The monoisotopic (exact) mass is 301 g/mol. The van der Waals surface area contributed by atoms with Crippen LogP contribution in [0.15, 0.2) is 23.1 Å². The number of sulfonamides is 1. The molecule has 0 saturated heterocycles. The molecular formula is C13H23N3O3S. The van der Waals surface area contributed by atoms with Crippen molar-refractivity contribution in [1.29, 1.82) is 0 Å². The molecular weight excluding hydrogens is 278 g/mol. The molecule has 5 N–H and O–H groups in total. The molecule has 0 aromatic heterocycles. The molecule has 0 spiro atoms. The van der Waals surface area contributed by atoms with E-state index in [0.29, 0.717) is 30.3 Å². The number of nitrogens with one attached hydrogen (secondary N) is 2. The van der Waals surface area contributed by atoms with Crippen molar-refractivity contribution < 1.29 is 13.5 Å². The van der Waals surface area contributed by atoms with Gasteiger partial charge < -0.3 is 16.2 Å². The summed E-state index contributed by atoms with van der Waals surface area (Å²) in [6, 6.07) is 4.43. The summed E-state index contributed by atoms with van der Waals surface area (Å²) in [4.78, 5) is 0.134. The van der Waals surface area contributed by atoms with Crippen LogP contribution >= 0.6 is 0 Å². The zero-order valence-electron chi connectivity index (χ0n) is 12.1. The Bertz CT molecular complexity index is 544. The van der Waals surface area contributed by atoms with Gasteiger partial charge in [-0.25, -0.2) is 13.1 Å². The third-order valence-corrected chi connectivity index (χ3v) is 4.29. The molecule has 0 aliphatic heterocycles. The first-order valence-electron chi connectivity index (χ1n) is 6.51. The van der Waals surface area contributed by atoms with Gasteiger partial charge in [0.15, 0.2) is 0 Å². The van der Waals surface area contributed by atoms with Crippen LogP contribution in [0.4, 0.5) is 11.4 Å². The second kappa shape index (κ2) is 6.92. The minimum atomic E-state index is -3.50. The van der Waals surface area contributed by atoms with E-state index >= 15 is 0 Å². The van der Waals surface area contributed by atoms with Crippen LogP contribution in [0, 0.1) is 5.92 Å². The molecule has 0 heterocycles. The van der Waals surface area contributed by atoms with Crippen molar-refractivity contribution in [3.8, 4) is 0 Å². The van der Waals surface area contributed by atoms with E-state index in [1.807, 2.05) is 13.8 Å². The summed E-state index contributed by atoms with van der Waals surface area (Å²) in [5, 5.41) is 12.8. The molecule has 0 fully saturated rings. The molecule has 0 aliphatic rings. The van der Waals surface area contributed by atoms with Crippen LogP contribution in [0.2, 0.25) is 0 Å². The van der Waals surface area contributed by atoms with Gasteiger partial charge in [0, 0.05) is 6.54 Å². The Morgan fingerprint density at radius 2 is 2.00 bits per heavy atom. The van der Waals surface area contributed by atoms with E-state index in [1.165, 1.54) is 25.2 Å². The Labute approximate surface area is 120 Å². The number of nitrogens with two attached hydrogens (primary N) is 1. The lowest BCUT2D eigenvalue weighted by Crippen LogP contribution is -2.22. The first kappa shape index (κ1) is 16.7. The third-order valence-electron chi connectivity index (χ3n) is 2.88. The minimum absolute atomic E-state index is 0.134. The molecule has 0 saturated carbocycles. The van der Waals surface area contributed by atoms with E-state index in [4.69, 9.17) is 5.73 Å². The second-order valence-corrected chi connectivity index (χ2v) is 7.01. The van der Waals surface area contributed by atoms with Gasteiger partial charge in [0.2, 0.25) is 10.0 Å². The summed E-state index contributed by atoms with van der Waals surface area (Å²) in [5.41, 5.74) is 6.75. The van der Waals surface area contributed by atoms with Crippen LogP contribution in [0.25, 0.3) is 0 Å². The van der Waals surface area contributed by atoms with Crippen molar-refractivity contribution in [1.82, 2.24) is 4.72 Å². The summed E-state index contributed by atoms with van der Waals surface area (Å²) in [6.45, 7) is 4.38. The van der Waals surface area contributed by atoms with Crippen LogP contribution in [-0.2, 0) is 10.0 Å². The average Bonchev–Trinajstić information content (AvgIpc) is 2.36. The third kappa shape index (κ3) is 4.66. The number of nitrogen functional groups attached to an aromatic ring is 1. The highest BCUT2D eigenvalue weighted by molar-refractivity contribution is 7.89. The van der Waals surface area contributed by atoms with Gasteiger partial charge in [-0.1, -0.05) is 13.8 Å². The highest BCUT2D eigenvalue weighted by Gasteiger charge is 2.14. The lowest BCUT2D eigenvalue weighted by molar-refractivity contribution is 0.161. The van der Waals surface area contributed by atoms with Crippen LogP contribution in [0.5, 0.6) is 0 Å². The van der Waals surface area contributed by atoms with E-state index in [2.05, 4.69) is 10.0 Å². The topological polar surface area (TPSA) is 104 Å². The zero-order chi connectivity index (χ0) is 15.3. The first-order chi connectivity index (χ1) is 9.26.